The van der Waals surface area contributed by atoms with Crippen LogP contribution in [0.15, 0.2) is 106 Å². The van der Waals surface area contributed by atoms with Crippen LogP contribution in [0.1, 0.15) is 11.1 Å². The minimum absolute atomic E-state index is 0.00556. The Morgan fingerprint density at radius 2 is 1.26 bits per heavy atom. The Kier molecular flexibility index (Phi) is 10.8. The number of hydrogen-bond donors (Lipinski definition) is 7. The van der Waals surface area contributed by atoms with Crippen LogP contribution in [0.4, 0.5) is 0 Å². The summed E-state index contributed by atoms with van der Waals surface area (Å²) in [6.45, 7) is -0.667. The van der Waals surface area contributed by atoms with Crippen molar-refractivity contribution in [2.24, 2.45) is 0 Å². The summed E-state index contributed by atoms with van der Waals surface area (Å²) in [6, 6.07) is 19.1. The summed E-state index contributed by atoms with van der Waals surface area (Å²) in [7, 11) is 0. The largest absolute Gasteiger partial charge is 0.508 e. The SMILES string of the molecule is O=C(/C=C/c1ccc(O)cc1)OC[C@H]1O[C@@H](Oc2c(-c3ccc(O)cc3)oc3cc(O)cc(O)c3c2=O)[C@@H](O)[C@@H](O)[C@@H]1OC(=O)/C=C/c1ccc(O)cc1. The van der Waals surface area contributed by atoms with Gasteiger partial charge in [0.05, 0.1) is 0 Å². The lowest BCUT2D eigenvalue weighted by Crippen LogP contribution is -2.61. The second kappa shape index (κ2) is 15.8. The summed E-state index contributed by atoms with van der Waals surface area (Å²) in [5, 5.41) is 71.5. The average Bonchev–Trinajstić information content (AvgIpc) is 3.14. The smallest absolute Gasteiger partial charge is 0.331 e. The van der Waals surface area contributed by atoms with Crippen LogP contribution in [0, 0.1) is 0 Å². The number of benzene rings is 4. The lowest BCUT2D eigenvalue weighted by Gasteiger charge is -2.41. The molecule has 0 unspecified atom stereocenters. The van der Waals surface area contributed by atoms with Crippen molar-refractivity contribution in [3.8, 4) is 45.8 Å². The van der Waals surface area contributed by atoms with E-state index in [1.165, 1.54) is 72.8 Å². The van der Waals surface area contributed by atoms with Crippen LogP contribution in [0.3, 0.4) is 0 Å². The Morgan fingerprint density at radius 3 is 1.85 bits per heavy atom. The first kappa shape index (κ1) is 37.0. The van der Waals surface area contributed by atoms with Crippen LogP contribution in [0.5, 0.6) is 34.5 Å². The highest BCUT2D eigenvalue weighted by Crippen LogP contribution is 2.38. The molecule has 278 valence electrons. The van der Waals surface area contributed by atoms with Crippen molar-refractivity contribution >= 4 is 35.1 Å². The number of aliphatic hydroxyl groups is 2. The summed E-state index contributed by atoms with van der Waals surface area (Å²) in [4.78, 5) is 39.5. The van der Waals surface area contributed by atoms with E-state index in [1.54, 1.807) is 12.1 Å². The summed E-state index contributed by atoms with van der Waals surface area (Å²) >= 11 is 0. The minimum atomic E-state index is -2.01. The van der Waals surface area contributed by atoms with Crippen LogP contribution < -0.4 is 10.2 Å². The Morgan fingerprint density at radius 1 is 0.704 bits per heavy atom. The van der Waals surface area contributed by atoms with Crippen LogP contribution in [0.25, 0.3) is 34.4 Å². The summed E-state index contributed by atoms with van der Waals surface area (Å²) in [6.07, 6.45) is -4.20. The van der Waals surface area contributed by atoms with E-state index < -0.39 is 77.3 Å². The third-order valence-corrected chi connectivity index (χ3v) is 8.17. The molecule has 0 amide bonds. The molecule has 15 nitrogen and oxygen atoms in total. The number of carbonyl (C=O) groups is 2. The molecule has 0 aliphatic carbocycles. The maximum Gasteiger partial charge on any atom is 0.331 e. The van der Waals surface area contributed by atoms with Gasteiger partial charge in [0.2, 0.25) is 17.5 Å². The molecule has 0 saturated carbocycles. The molecular formula is C39H32O15. The van der Waals surface area contributed by atoms with Crippen LogP contribution >= 0.6 is 0 Å². The topological polar surface area (TPSA) is 243 Å². The second-order valence-electron chi connectivity index (χ2n) is 12.0. The normalized spacial score (nSPS) is 19.9. The van der Waals surface area contributed by atoms with Gasteiger partial charge in [-0.2, -0.15) is 0 Å². The van der Waals surface area contributed by atoms with Crippen LogP contribution in [0.2, 0.25) is 0 Å². The maximum absolute atomic E-state index is 13.8. The van der Waals surface area contributed by atoms with Gasteiger partial charge in [-0.15, -0.1) is 0 Å². The van der Waals surface area contributed by atoms with Crippen molar-refractivity contribution in [2.45, 2.75) is 30.7 Å². The molecule has 1 fully saturated rings. The summed E-state index contributed by atoms with van der Waals surface area (Å²) in [5.41, 5.74) is 0.0313. The van der Waals surface area contributed by atoms with E-state index in [2.05, 4.69) is 0 Å². The Hall–Kier alpha value is -6.81. The Labute approximate surface area is 305 Å². The van der Waals surface area contributed by atoms with E-state index in [0.717, 1.165) is 24.3 Å². The zero-order chi connectivity index (χ0) is 38.5. The molecule has 1 aromatic heterocycles. The molecule has 1 saturated heterocycles. The molecule has 0 bridgehead atoms. The number of aliphatic hydroxyl groups excluding tert-OH is 2. The van der Waals surface area contributed by atoms with E-state index in [0.29, 0.717) is 11.1 Å². The van der Waals surface area contributed by atoms with Crippen molar-refractivity contribution < 1.29 is 68.7 Å². The van der Waals surface area contributed by atoms with Crippen molar-refractivity contribution in [2.75, 3.05) is 6.61 Å². The van der Waals surface area contributed by atoms with E-state index in [4.69, 9.17) is 23.4 Å². The zero-order valence-electron chi connectivity index (χ0n) is 27.9. The minimum Gasteiger partial charge on any atom is -0.508 e. The number of fused-ring (bicyclic) bond motifs is 1. The molecule has 4 aromatic carbocycles. The molecule has 6 rings (SSSR count). The number of ether oxygens (including phenoxy) is 4. The number of rotatable bonds is 10. The predicted molar refractivity (Wildman–Crippen MR) is 189 cm³/mol. The molecule has 2 heterocycles. The quantitative estimate of drug-likeness (QED) is 0.0798. The van der Waals surface area contributed by atoms with Crippen molar-refractivity contribution in [1.29, 1.82) is 0 Å². The average molecular weight is 741 g/mol. The van der Waals surface area contributed by atoms with Gasteiger partial charge in [0.15, 0.2) is 11.9 Å². The van der Waals surface area contributed by atoms with Crippen molar-refractivity contribution in [3.05, 3.63) is 118 Å². The fourth-order valence-corrected chi connectivity index (χ4v) is 5.46. The maximum atomic E-state index is 13.8. The lowest BCUT2D eigenvalue weighted by molar-refractivity contribution is -0.281. The number of phenolic OH excluding ortho intramolecular Hbond substituents is 5. The monoisotopic (exact) mass is 740 g/mol. The first-order chi connectivity index (χ1) is 25.9. The van der Waals surface area contributed by atoms with E-state index in [1.807, 2.05) is 0 Å². The molecule has 54 heavy (non-hydrogen) atoms. The van der Waals surface area contributed by atoms with Gasteiger partial charge in [-0.25, -0.2) is 9.59 Å². The first-order valence-corrected chi connectivity index (χ1v) is 16.2. The van der Waals surface area contributed by atoms with E-state index >= 15 is 0 Å². The second-order valence-corrected chi connectivity index (χ2v) is 12.0. The lowest BCUT2D eigenvalue weighted by atomic mass is 9.98. The highest BCUT2D eigenvalue weighted by Gasteiger charge is 2.49. The van der Waals surface area contributed by atoms with Crippen molar-refractivity contribution in [1.82, 2.24) is 0 Å². The number of hydrogen-bond acceptors (Lipinski definition) is 15. The van der Waals surface area contributed by atoms with Gasteiger partial charge in [0.1, 0.15) is 64.6 Å². The van der Waals surface area contributed by atoms with Gasteiger partial charge in [-0.1, -0.05) is 24.3 Å². The predicted octanol–water partition coefficient (Wildman–Crippen LogP) is 3.70. The number of phenols is 5. The highest BCUT2D eigenvalue weighted by molar-refractivity contribution is 5.89. The van der Waals surface area contributed by atoms with E-state index in [-0.39, 0.29) is 34.2 Å². The fourth-order valence-electron chi connectivity index (χ4n) is 5.46. The third kappa shape index (κ3) is 8.45. The molecule has 15 heteroatoms. The first-order valence-electron chi connectivity index (χ1n) is 16.2. The summed E-state index contributed by atoms with van der Waals surface area (Å²) in [5.74, 6) is -3.95. The van der Waals surface area contributed by atoms with Crippen LogP contribution in [-0.4, -0.2) is 85.0 Å². The molecule has 1 aliphatic heterocycles. The Balaban J connectivity index is 1.30. The van der Waals surface area contributed by atoms with Crippen molar-refractivity contribution in [3.63, 3.8) is 0 Å². The van der Waals surface area contributed by atoms with Gasteiger partial charge in [-0.3, -0.25) is 4.79 Å². The van der Waals surface area contributed by atoms with Crippen LogP contribution in [-0.2, 0) is 23.8 Å². The Bertz CT molecular complexity index is 2260. The third-order valence-electron chi connectivity index (χ3n) is 8.17. The van der Waals surface area contributed by atoms with Gasteiger partial charge in [0.25, 0.3) is 0 Å². The number of aromatic hydroxyl groups is 5. The molecule has 5 atom stereocenters. The van der Waals surface area contributed by atoms with Gasteiger partial charge in [0, 0.05) is 29.8 Å². The standard InChI is InChI=1S/C39H32O15/c40-23-9-1-20(2-10-23)5-15-30(45)50-19-29-37(53-31(46)16-6-21-3-11-24(41)12-4-21)34(48)35(49)39(52-29)54-38-33(47)32-27(44)17-26(43)18-28(32)51-36(38)22-7-13-25(42)14-8-22/h1-18,29,34-35,37,39-44,48-49H,19H2/b15-5+,16-6+/t29-,34-,35+,37-,39+/m1/s1. The molecule has 7 N–H and O–H groups in total. The number of carbonyl (C=O) groups excluding carboxylic acids is 2. The van der Waals surface area contributed by atoms with Gasteiger partial charge < -0.3 is 59.1 Å². The molecular weight excluding hydrogens is 708 g/mol. The number of esters is 2. The molecule has 5 aromatic rings. The van der Waals surface area contributed by atoms with E-state index in [9.17, 15) is 50.1 Å². The zero-order valence-corrected chi connectivity index (χ0v) is 27.9. The summed E-state index contributed by atoms with van der Waals surface area (Å²) < 4.78 is 28.4. The molecule has 0 radical (unpaired) electrons. The molecule has 1 aliphatic rings. The highest BCUT2D eigenvalue weighted by atomic mass is 16.7. The molecule has 0 spiro atoms. The van der Waals surface area contributed by atoms with Gasteiger partial charge in [-0.05, 0) is 71.8 Å². The van der Waals surface area contributed by atoms with Gasteiger partial charge >= 0.3 is 11.9 Å². The fraction of sp³-hybridized carbons (Fsp3) is 0.154.